The van der Waals surface area contributed by atoms with Gasteiger partial charge in [-0.05, 0) is 31.6 Å². The van der Waals surface area contributed by atoms with Gasteiger partial charge in [0.2, 0.25) is 0 Å². The van der Waals surface area contributed by atoms with Crippen molar-refractivity contribution in [2.24, 2.45) is 0 Å². The maximum absolute atomic E-state index is 13.5. The Kier molecular flexibility index (Phi) is 6.26. The summed E-state index contributed by atoms with van der Waals surface area (Å²) in [6, 6.07) is 14.8. The molecule has 2 aromatic carbocycles. The average Bonchev–Trinajstić information content (AvgIpc) is 3.02. The zero-order valence-corrected chi connectivity index (χ0v) is 17.8. The first kappa shape index (κ1) is 21.2. The molecule has 3 rings (SSSR count). The van der Waals surface area contributed by atoms with E-state index >= 15 is 0 Å². The van der Waals surface area contributed by atoms with E-state index in [1.165, 1.54) is 14.2 Å². The number of para-hydroxylation sites is 1. The zero-order valence-electron chi connectivity index (χ0n) is 17.8. The van der Waals surface area contributed by atoms with Crippen molar-refractivity contribution in [3.05, 3.63) is 76.5 Å². The normalized spacial score (nSPS) is 16.1. The molecule has 0 radical (unpaired) electrons. The highest BCUT2D eigenvalue weighted by molar-refractivity contribution is 6.16. The van der Waals surface area contributed by atoms with Gasteiger partial charge < -0.3 is 19.1 Å². The van der Waals surface area contributed by atoms with Crippen LogP contribution in [0.1, 0.15) is 31.0 Å². The lowest BCUT2D eigenvalue weighted by Gasteiger charge is -2.26. The number of ether oxygens (including phenoxy) is 3. The van der Waals surface area contributed by atoms with Crippen molar-refractivity contribution in [3.63, 3.8) is 0 Å². The Labute approximate surface area is 176 Å². The summed E-state index contributed by atoms with van der Waals surface area (Å²) in [6.45, 7) is 3.69. The molecule has 156 valence electrons. The number of hydrogen-bond donors (Lipinski definition) is 0. The van der Waals surface area contributed by atoms with Crippen molar-refractivity contribution < 1.29 is 23.8 Å². The van der Waals surface area contributed by atoms with Crippen molar-refractivity contribution in [1.29, 1.82) is 0 Å². The van der Waals surface area contributed by atoms with Crippen LogP contribution in [0.25, 0.3) is 6.08 Å². The van der Waals surface area contributed by atoms with E-state index in [4.69, 9.17) is 14.2 Å². The third kappa shape index (κ3) is 3.68. The summed E-state index contributed by atoms with van der Waals surface area (Å²) in [5.41, 5.74) is 2.65. The molecule has 1 atom stereocenters. The van der Waals surface area contributed by atoms with Gasteiger partial charge in [0.15, 0.2) is 11.5 Å². The minimum absolute atomic E-state index is 0.246. The summed E-state index contributed by atoms with van der Waals surface area (Å²) in [5, 5.41) is 0. The number of carbonyl (C=O) groups is 2. The van der Waals surface area contributed by atoms with Gasteiger partial charge in [0.25, 0.3) is 5.91 Å². The zero-order chi connectivity index (χ0) is 21.8. The van der Waals surface area contributed by atoms with Gasteiger partial charge in [-0.1, -0.05) is 42.5 Å². The molecule has 1 aliphatic rings. The molecule has 6 nitrogen and oxygen atoms in total. The van der Waals surface area contributed by atoms with Crippen molar-refractivity contribution in [1.82, 2.24) is 4.90 Å². The van der Waals surface area contributed by atoms with Gasteiger partial charge >= 0.3 is 5.97 Å². The molecule has 6 heteroatoms. The lowest BCUT2D eigenvalue weighted by Crippen LogP contribution is -2.28. The maximum Gasteiger partial charge on any atom is 0.340 e. The smallest absolute Gasteiger partial charge is 0.340 e. The molecule has 0 saturated carbocycles. The number of hydrogen-bond acceptors (Lipinski definition) is 5. The van der Waals surface area contributed by atoms with Gasteiger partial charge in [-0.3, -0.25) is 4.79 Å². The molecule has 1 amide bonds. The first-order valence-electron chi connectivity index (χ1n) is 9.55. The number of benzene rings is 2. The van der Waals surface area contributed by atoms with Crippen LogP contribution in [0.3, 0.4) is 0 Å². The molecule has 0 spiro atoms. The summed E-state index contributed by atoms with van der Waals surface area (Å²) in [7, 11) is 4.38. The molecule has 0 aliphatic carbocycles. The van der Waals surface area contributed by atoms with Crippen LogP contribution >= 0.6 is 0 Å². The highest BCUT2D eigenvalue weighted by atomic mass is 16.5. The number of methoxy groups -OCH3 is 3. The molecule has 0 aromatic heterocycles. The molecule has 0 fully saturated rings. The second-order valence-corrected chi connectivity index (χ2v) is 6.85. The summed E-state index contributed by atoms with van der Waals surface area (Å²) in [6.07, 6.45) is 1.65. The van der Waals surface area contributed by atoms with Crippen molar-refractivity contribution in [2.45, 2.75) is 19.9 Å². The van der Waals surface area contributed by atoms with Crippen LogP contribution in [0.2, 0.25) is 0 Å². The number of allylic oxidation sites excluding steroid dienone is 1. The van der Waals surface area contributed by atoms with Gasteiger partial charge in [-0.2, -0.15) is 0 Å². The Morgan fingerprint density at radius 2 is 1.70 bits per heavy atom. The Balaban J connectivity index is 2.14. The number of amides is 1. The van der Waals surface area contributed by atoms with E-state index < -0.39 is 5.97 Å². The predicted octanol–water partition coefficient (Wildman–Crippen LogP) is 4.14. The topological polar surface area (TPSA) is 65.1 Å². The SMILES string of the molecule is COC(=O)C1=C(C)N([C@H](C)c2ccccc2)C(=O)/C1=C\c1cccc(OC)c1OC. The molecular formula is C24H25NO5. The molecule has 1 aliphatic heterocycles. The fraction of sp³-hybridized carbons (Fsp3) is 0.250. The highest BCUT2D eigenvalue weighted by Gasteiger charge is 2.39. The first-order valence-corrected chi connectivity index (χ1v) is 9.55. The quantitative estimate of drug-likeness (QED) is 0.532. The summed E-state index contributed by atoms with van der Waals surface area (Å²) < 4.78 is 15.8. The number of nitrogens with zero attached hydrogens (tertiary/aromatic N) is 1. The minimum atomic E-state index is -0.559. The molecule has 0 saturated heterocycles. The lowest BCUT2D eigenvalue weighted by molar-refractivity contribution is -0.136. The van der Waals surface area contributed by atoms with Crippen LogP contribution in [0, 0.1) is 0 Å². The van der Waals surface area contributed by atoms with Gasteiger partial charge in [0.05, 0.1) is 38.5 Å². The van der Waals surface area contributed by atoms with E-state index in [0.29, 0.717) is 22.8 Å². The maximum atomic E-state index is 13.5. The van der Waals surface area contributed by atoms with E-state index in [1.807, 2.05) is 37.3 Å². The number of rotatable bonds is 6. The molecule has 1 heterocycles. The Morgan fingerprint density at radius 3 is 2.30 bits per heavy atom. The Morgan fingerprint density at radius 1 is 1.00 bits per heavy atom. The molecule has 0 bridgehead atoms. The fourth-order valence-corrected chi connectivity index (χ4v) is 3.73. The van der Waals surface area contributed by atoms with Crippen LogP contribution in [-0.4, -0.2) is 38.1 Å². The summed E-state index contributed by atoms with van der Waals surface area (Å²) in [4.78, 5) is 27.7. The molecule has 0 N–H and O–H groups in total. The molecule has 30 heavy (non-hydrogen) atoms. The van der Waals surface area contributed by atoms with Crippen molar-refractivity contribution in [3.8, 4) is 11.5 Å². The van der Waals surface area contributed by atoms with Crippen molar-refractivity contribution >= 4 is 18.0 Å². The average molecular weight is 407 g/mol. The summed E-state index contributed by atoms with van der Waals surface area (Å²) >= 11 is 0. The van der Waals surface area contributed by atoms with Crippen LogP contribution in [-0.2, 0) is 14.3 Å². The third-order valence-electron chi connectivity index (χ3n) is 5.23. The highest BCUT2D eigenvalue weighted by Crippen LogP contribution is 2.39. The van der Waals surface area contributed by atoms with Crippen LogP contribution in [0.15, 0.2) is 65.4 Å². The largest absolute Gasteiger partial charge is 0.493 e. The molecular weight excluding hydrogens is 382 g/mol. The number of esters is 1. The molecule has 2 aromatic rings. The standard InChI is InChI=1S/C24H25NO5/c1-15(17-10-7-6-8-11-17)25-16(2)21(24(27)30-5)19(23(25)26)14-18-12-9-13-20(28-3)22(18)29-4/h6-15H,1-5H3/b19-14-/t15-/m1/s1. The Bertz CT molecular complexity index is 1020. The second kappa shape index (κ2) is 8.86. The molecule has 0 unspecified atom stereocenters. The van der Waals surface area contributed by atoms with Gasteiger partial charge in [0.1, 0.15) is 0 Å². The van der Waals surface area contributed by atoms with E-state index in [0.717, 1.165) is 5.56 Å². The first-order chi connectivity index (χ1) is 14.4. The summed E-state index contributed by atoms with van der Waals surface area (Å²) in [5.74, 6) is 0.190. The van der Waals surface area contributed by atoms with Crippen LogP contribution in [0.5, 0.6) is 11.5 Å². The van der Waals surface area contributed by atoms with Gasteiger partial charge in [-0.15, -0.1) is 0 Å². The van der Waals surface area contributed by atoms with E-state index in [-0.39, 0.29) is 23.1 Å². The van der Waals surface area contributed by atoms with Gasteiger partial charge in [0, 0.05) is 11.3 Å². The number of carbonyl (C=O) groups excluding carboxylic acids is 2. The van der Waals surface area contributed by atoms with E-state index in [9.17, 15) is 9.59 Å². The minimum Gasteiger partial charge on any atom is -0.493 e. The second-order valence-electron chi connectivity index (χ2n) is 6.85. The van der Waals surface area contributed by atoms with E-state index in [2.05, 4.69) is 0 Å². The van der Waals surface area contributed by atoms with Crippen LogP contribution < -0.4 is 9.47 Å². The third-order valence-corrected chi connectivity index (χ3v) is 5.23. The monoisotopic (exact) mass is 407 g/mol. The fourth-order valence-electron chi connectivity index (χ4n) is 3.73. The van der Waals surface area contributed by atoms with E-state index in [1.54, 1.807) is 43.2 Å². The predicted molar refractivity (Wildman–Crippen MR) is 114 cm³/mol. The van der Waals surface area contributed by atoms with Crippen molar-refractivity contribution in [2.75, 3.05) is 21.3 Å². The van der Waals surface area contributed by atoms with Crippen LogP contribution in [0.4, 0.5) is 0 Å². The Hall–Kier alpha value is -3.54. The van der Waals surface area contributed by atoms with Gasteiger partial charge in [-0.25, -0.2) is 4.79 Å². The lowest BCUT2D eigenvalue weighted by atomic mass is 10.0.